The fourth-order valence-corrected chi connectivity index (χ4v) is 4.29. The molecule has 0 aromatic carbocycles. The molecule has 0 saturated carbocycles. The lowest BCUT2D eigenvalue weighted by molar-refractivity contribution is 0.0758. The SMILES string of the molecule is CC(C)CS(=O)(=O)N1CCCN(C(=O)c2cnccn2)CC1. The number of hydrogen-bond acceptors (Lipinski definition) is 5. The molecule has 0 radical (unpaired) electrons. The van der Waals surface area contributed by atoms with Crippen molar-refractivity contribution >= 4 is 15.9 Å². The van der Waals surface area contributed by atoms with Crippen molar-refractivity contribution in [3.63, 3.8) is 0 Å². The maximum atomic E-state index is 12.3. The Labute approximate surface area is 131 Å². The van der Waals surface area contributed by atoms with Crippen LogP contribution in [0.1, 0.15) is 30.8 Å². The number of amides is 1. The van der Waals surface area contributed by atoms with Crippen molar-refractivity contribution in [1.29, 1.82) is 0 Å². The third-order valence-corrected chi connectivity index (χ3v) is 5.70. The monoisotopic (exact) mass is 326 g/mol. The molecule has 1 aromatic heterocycles. The first kappa shape index (κ1) is 16.8. The quantitative estimate of drug-likeness (QED) is 0.809. The molecule has 2 heterocycles. The molecule has 1 fully saturated rings. The second kappa shape index (κ2) is 7.15. The van der Waals surface area contributed by atoms with Gasteiger partial charge in [-0.25, -0.2) is 17.7 Å². The van der Waals surface area contributed by atoms with Crippen LogP contribution < -0.4 is 0 Å². The Balaban J connectivity index is 2.03. The lowest BCUT2D eigenvalue weighted by Crippen LogP contribution is -2.39. The van der Waals surface area contributed by atoms with Crippen LogP contribution in [0.2, 0.25) is 0 Å². The predicted octanol–water partition coefficient (Wildman–Crippen LogP) is 0.610. The van der Waals surface area contributed by atoms with Crippen LogP contribution in [0.25, 0.3) is 0 Å². The highest BCUT2D eigenvalue weighted by molar-refractivity contribution is 7.89. The zero-order valence-electron chi connectivity index (χ0n) is 13.0. The van der Waals surface area contributed by atoms with E-state index in [-0.39, 0.29) is 17.6 Å². The van der Waals surface area contributed by atoms with Crippen LogP contribution in [-0.4, -0.2) is 65.4 Å². The van der Waals surface area contributed by atoms with E-state index < -0.39 is 10.0 Å². The van der Waals surface area contributed by atoms with Crippen molar-refractivity contribution in [2.24, 2.45) is 5.92 Å². The number of aromatic nitrogens is 2. The zero-order valence-corrected chi connectivity index (χ0v) is 13.8. The molecule has 7 nitrogen and oxygen atoms in total. The Morgan fingerprint density at radius 1 is 1.23 bits per heavy atom. The van der Waals surface area contributed by atoms with Gasteiger partial charge in [-0.15, -0.1) is 0 Å². The van der Waals surface area contributed by atoms with E-state index in [1.54, 1.807) is 4.90 Å². The summed E-state index contributed by atoms with van der Waals surface area (Å²) in [6.45, 7) is 5.48. The summed E-state index contributed by atoms with van der Waals surface area (Å²) in [4.78, 5) is 21.9. The second-order valence-electron chi connectivity index (χ2n) is 5.81. The Morgan fingerprint density at radius 2 is 2.00 bits per heavy atom. The molecule has 1 aromatic rings. The maximum absolute atomic E-state index is 12.3. The van der Waals surface area contributed by atoms with E-state index >= 15 is 0 Å². The highest BCUT2D eigenvalue weighted by Crippen LogP contribution is 2.13. The molecule has 1 aliphatic rings. The molecule has 22 heavy (non-hydrogen) atoms. The number of nitrogens with zero attached hydrogens (tertiary/aromatic N) is 4. The van der Waals surface area contributed by atoms with Crippen molar-refractivity contribution < 1.29 is 13.2 Å². The van der Waals surface area contributed by atoms with Crippen LogP contribution in [0.4, 0.5) is 0 Å². The van der Waals surface area contributed by atoms with Crippen molar-refractivity contribution in [2.45, 2.75) is 20.3 Å². The van der Waals surface area contributed by atoms with E-state index in [1.807, 2.05) is 13.8 Å². The van der Waals surface area contributed by atoms with Gasteiger partial charge in [0.25, 0.3) is 5.91 Å². The Morgan fingerprint density at radius 3 is 2.64 bits per heavy atom. The Kier molecular flexibility index (Phi) is 5.47. The molecule has 0 N–H and O–H groups in total. The van der Waals surface area contributed by atoms with Gasteiger partial charge in [-0.05, 0) is 12.3 Å². The van der Waals surface area contributed by atoms with Gasteiger partial charge < -0.3 is 4.90 Å². The minimum atomic E-state index is -3.25. The normalized spacial score (nSPS) is 17.5. The van der Waals surface area contributed by atoms with Crippen molar-refractivity contribution in [3.8, 4) is 0 Å². The van der Waals surface area contributed by atoms with Crippen molar-refractivity contribution in [1.82, 2.24) is 19.2 Å². The first-order valence-corrected chi connectivity index (χ1v) is 9.04. The fourth-order valence-electron chi connectivity index (χ4n) is 2.47. The molecular formula is C14H22N4O3S. The zero-order chi connectivity index (χ0) is 16.2. The molecule has 122 valence electrons. The molecule has 1 amide bonds. The summed E-state index contributed by atoms with van der Waals surface area (Å²) >= 11 is 0. The average Bonchev–Trinajstić information content (AvgIpc) is 2.72. The van der Waals surface area contributed by atoms with Gasteiger partial charge in [0.05, 0.1) is 11.9 Å². The standard InChI is InChI=1S/C14H22N4O3S/c1-12(2)11-22(20,21)18-7-3-6-17(8-9-18)14(19)13-10-15-4-5-16-13/h4-5,10,12H,3,6-9,11H2,1-2H3. The molecule has 0 unspecified atom stereocenters. The predicted molar refractivity (Wildman–Crippen MR) is 82.8 cm³/mol. The topological polar surface area (TPSA) is 83.5 Å². The molecule has 0 aliphatic carbocycles. The first-order chi connectivity index (χ1) is 10.4. The van der Waals surface area contributed by atoms with Crippen LogP contribution in [-0.2, 0) is 10.0 Å². The molecular weight excluding hydrogens is 304 g/mol. The lowest BCUT2D eigenvalue weighted by Gasteiger charge is -2.22. The van der Waals surface area contributed by atoms with E-state index in [1.165, 1.54) is 22.9 Å². The summed E-state index contributed by atoms with van der Waals surface area (Å²) in [7, 11) is -3.25. The van der Waals surface area contributed by atoms with Gasteiger partial charge in [0.1, 0.15) is 5.69 Å². The number of hydrogen-bond donors (Lipinski definition) is 0. The van der Waals surface area contributed by atoms with Gasteiger partial charge in [0.15, 0.2) is 0 Å². The Bertz CT molecular complexity index is 604. The van der Waals surface area contributed by atoms with E-state index in [2.05, 4.69) is 9.97 Å². The van der Waals surface area contributed by atoms with E-state index in [0.717, 1.165) is 0 Å². The minimum Gasteiger partial charge on any atom is -0.336 e. The van der Waals surface area contributed by atoms with Crippen molar-refractivity contribution in [3.05, 3.63) is 24.3 Å². The second-order valence-corrected chi connectivity index (χ2v) is 7.82. The maximum Gasteiger partial charge on any atom is 0.274 e. The summed E-state index contributed by atoms with van der Waals surface area (Å²) in [5, 5.41) is 0. The van der Waals surface area contributed by atoms with E-state index in [4.69, 9.17) is 0 Å². The largest absolute Gasteiger partial charge is 0.336 e. The van der Waals surface area contributed by atoms with E-state index in [0.29, 0.717) is 38.3 Å². The molecule has 0 spiro atoms. The third kappa shape index (κ3) is 4.23. The molecule has 8 heteroatoms. The Hall–Kier alpha value is -1.54. The van der Waals surface area contributed by atoms with Gasteiger partial charge in [0.2, 0.25) is 10.0 Å². The van der Waals surface area contributed by atoms with Crippen LogP contribution >= 0.6 is 0 Å². The number of carbonyl (C=O) groups is 1. The summed E-state index contributed by atoms with van der Waals surface area (Å²) in [6.07, 6.45) is 5.05. The summed E-state index contributed by atoms with van der Waals surface area (Å²) in [5.41, 5.74) is 0.293. The highest BCUT2D eigenvalue weighted by atomic mass is 32.2. The number of carbonyl (C=O) groups excluding carboxylic acids is 1. The van der Waals surface area contributed by atoms with Gasteiger partial charge in [-0.1, -0.05) is 13.8 Å². The van der Waals surface area contributed by atoms with Gasteiger partial charge in [0, 0.05) is 38.6 Å². The highest BCUT2D eigenvalue weighted by Gasteiger charge is 2.28. The van der Waals surface area contributed by atoms with Gasteiger partial charge in [-0.2, -0.15) is 0 Å². The third-order valence-electron chi connectivity index (χ3n) is 3.46. The smallest absolute Gasteiger partial charge is 0.274 e. The minimum absolute atomic E-state index is 0.0885. The molecule has 2 rings (SSSR count). The van der Waals surface area contributed by atoms with Crippen LogP contribution in [0, 0.1) is 5.92 Å². The summed E-state index contributed by atoms with van der Waals surface area (Å²) in [6, 6.07) is 0. The molecule has 0 atom stereocenters. The lowest BCUT2D eigenvalue weighted by atomic mass is 10.3. The van der Waals surface area contributed by atoms with Crippen molar-refractivity contribution in [2.75, 3.05) is 31.9 Å². The van der Waals surface area contributed by atoms with Crippen LogP contribution in [0.15, 0.2) is 18.6 Å². The van der Waals surface area contributed by atoms with Gasteiger partial charge >= 0.3 is 0 Å². The summed E-state index contributed by atoms with van der Waals surface area (Å²) < 4.78 is 26.1. The first-order valence-electron chi connectivity index (χ1n) is 7.43. The van der Waals surface area contributed by atoms with Crippen LogP contribution in [0.5, 0.6) is 0 Å². The fraction of sp³-hybridized carbons (Fsp3) is 0.643. The summed E-state index contributed by atoms with van der Waals surface area (Å²) in [5.74, 6) is 0.0345. The van der Waals surface area contributed by atoms with Gasteiger partial charge in [-0.3, -0.25) is 9.78 Å². The molecule has 0 bridgehead atoms. The van der Waals surface area contributed by atoms with Crippen LogP contribution in [0.3, 0.4) is 0 Å². The average molecular weight is 326 g/mol. The molecule has 1 aliphatic heterocycles. The number of rotatable bonds is 4. The molecule has 1 saturated heterocycles. The number of sulfonamides is 1. The van der Waals surface area contributed by atoms with E-state index in [9.17, 15) is 13.2 Å².